The van der Waals surface area contributed by atoms with Gasteiger partial charge in [-0.1, -0.05) is 60.1 Å². The van der Waals surface area contributed by atoms with Crippen LogP contribution in [0.2, 0.25) is 0 Å². The van der Waals surface area contributed by atoms with Gasteiger partial charge in [0.25, 0.3) is 0 Å². The third kappa shape index (κ3) is 2.89. The Bertz CT molecular complexity index is 836. The summed E-state index contributed by atoms with van der Waals surface area (Å²) >= 11 is 0. The van der Waals surface area contributed by atoms with Crippen molar-refractivity contribution in [1.29, 1.82) is 0 Å². The highest BCUT2D eigenvalue weighted by atomic mass is 16.3. The fourth-order valence-corrected chi connectivity index (χ4v) is 10.8. The van der Waals surface area contributed by atoms with E-state index in [0.29, 0.717) is 34.4 Å². The summed E-state index contributed by atoms with van der Waals surface area (Å²) < 4.78 is 0. The van der Waals surface area contributed by atoms with Crippen molar-refractivity contribution in [2.24, 2.45) is 50.7 Å². The van der Waals surface area contributed by atoms with Crippen LogP contribution in [0.3, 0.4) is 0 Å². The van der Waals surface area contributed by atoms with Crippen molar-refractivity contribution in [2.75, 3.05) is 0 Å². The van der Waals surface area contributed by atoms with Gasteiger partial charge in [-0.05, 0) is 103 Å². The minimum atomic E-state index is -0.182. The smallest absolute Gasteiger partial charge is 0.138 e. The molecule has 5 rings (SSSR count). The molecule has 8 atom stereocenters. The van der Waals surface area contributed by atoms with Crippen LogP contribution < -0.4 is 0 Å². The fraction of sp³-hybridized carbons (Fsp3) is 0.900. The summed E-state index contributed by atoms with van der Waals surface area (Å²) in [5.41, 5.74) is 2.58. The molecule has 0 aromatic carbocycles. The molecule has 32 heavy (non-hydrogen) atoms. The highest BCUT2D eigenvalue weighted by molar-refractivity contribution is 5.85. The number of ketones is 1. The van der Waals surface area contributed by atoms with Gasteiger partial charge in [0.15, 0.2) is 0 Å². The molecule has 0 heterocycles. The summed E-state index contributed by atoms with van der Waals surface area (Å²) in [5.74, 6) is 3.00. The van der Waals surface area contributed by atoms with Gasteiger partial charge in [-0.2, -0.15) is 0 Å². The number of fused-ring (bicyclic) bond motifs is 6. The van der Waals surface area contributed by atoms with Crippen molar-refractivity contribution >= 4 is 5.78 Å². The van der Waals surface area contributed by atoms with E-state index in [2.05, 4.69) is 54.5 Å². The second-order valence-electron chi connectivity index (χ2n) is 14.7. The number of aliphatic hydroxyl groups excluding tert-OH is 1. The van der Waals surface area contributed by atoms with E-state index in [9.17, 15) is 9.90 Å². The molecule has 180 valence electrons. The van der Waals surface area contributed by atoms with Crippen molar-refractivity contribution in [3.05, 3.63) is 11.6 Å². The Morgan fingerprint density at radius 2 is 1.53 bits per heavy atom. The van der Waals surface area contributed by atoms with Crippen LogP contribution in [0.1, 0.15) is 113 Å². The predicted octanol–water partition coefficient (Wildman–Crippen LogP) is 7.35. The summed E-state index contributed by atoms with van der Waals surface area (Å²) in [4.78, 5) is 12.8. The predicted molar refractivity (Wildman–Crippen MR) is 131 cm³/mol. The van der Waals surface area contributed by atoms with E-state index in [1.54, 1.807) is 5.57 Å². The van der Waals surface area contributed by atoms with Crippen molar-refractivity contribution in [2.45, 2.75) is 119 Å². The van der Waals surface area contributed by atoms with E-state index in [0.717, 1.165) is 31.6 Å². The van der Waals surface area contributed by atoms with Crippen LogP contribution in [0.4, 0.5) is 0 Å². The number of allylic oxidation sites excluding steroid dienone is 2. The van der Waals surface area contributed by atoms with Crippen LogP contribution in [0.15, 0.2) is 11.6 Å². The van der Waals surface area contributed by atoms with Crippen molar-refractivity contribution in [3.63, 3.8) is 0 Å². The zero-order chi connectivity index (χ0) is 23.3. The minimum absolute atomic E-state index is 0.0253. The molecule has 0 aromatic heterocycles. The number of rotatable bonds is 0. The summed E-state index contributed by atoms with van der Waals surface area (Å²) in [5, 5.41) is 10.9. The summed E-state index contributed by atoms with van der Waals surface area (Å²) in [6.07, 6.45) is 14.0. The Labute approximate surface area is 197 Å². The van der Waals surface area contributed by atoms with E-state index >= 15 is 0 Å². The highest BCUT2D eigenvalue weighted by Crippen LogP contribution is 2.70. The maximum Gasteiger partial charge on any atom is 0.138 e. The van der Waals surface area contributed by atoms with E-state index < -0.39 is 0 Å². The maximum atomic E-state index is 12.8. The van der Waals surface area contributed by atoms with Gasteiger partial charge in [-0.3, -0.25) is 4.79 Å². The third-order valence-electron chi connectivity index (χ3n) is 12.6. The maximum absolute atomic E-state index is 12.8. The lowest BCUT2D eigenvalue weighted by Crippen LogP contribution is -2.58. The number of hydrogen-bond donors (Lipinski definition) is 1. The zero-order valence-electron chi connectivity index (χ0n) is 21.9. The van der Waals surface area contributed by atoms with Gasteiger partial charge >= 0.3 is 0 Å². The lowest BCUT2D eigenvalue weighted by molar-refractivity contribution is -0.170. The molecule has 0 aromatic rings. The molecule has 0 amide bonds. The van der Waals surface area contributed by atoms with Crippen molar-refractivity contribution in [1.82, 2.24) is 0 Å². The molecular weight excluding hydrogens is 392 g/mol. The first-order valence-electron chi connectivity index (χ1n) is 13.7. The number of aliphatic hydroxyl groups is 1. The molecular formula is C30H48O2. The van der Waals surface area contributed by atoms with Crippen molar-refractivity contribution < 1.29 is 9.90 Å². The van der Waals surface area contributed by atoms with Gasteiger partial charge in [0.2, 0.25) is 0 Å². The second-order valence-corrected chi connectivity index (χ2v) is 14.7. The molecule has 0 bridgehead atoms. The van der Waals surface area contributed by atoms with Crippen molar-refractivity contribution in [3.8, 4) is 0 Å². The molecule has 4 saturated carbocycles. The normalized spacial score (nSPS) is 51.9. The number of Topliss-reactive ketones (excluding diaryl/α,β-unsaturated/α-hetero) is 1. The van der Waals surface area contributed by atoms with Crippen LogP contribution in [-0.2, 0) is 4.79 Å². The van der Waals surface area contributed by atoms with Gasteiger partial charge in [-0.25, -0.2) is 0 Å². The van der Waals surface area contributed by atoms with Gasteiger partial charge in [-0.15, -0.1) is 0 Å². The molecule has 2 nitrogen and oxygen atoms in total. The van der Waals surface area contributed by atoms with Crippen LogP contribution in [0.25, 0.3) is 0 Å². The lowest BCUT2D eigenvalue weighted by atomic mass is 9.42. The average Bonchev–Trinajstić information content (AvgIpc) is 2.86. The zero-order valence-corrected chi connectivity index (χ0v) is 21.9. The SMILES string of the molecule is CC1(C)C(=O)CC[C@]2(C)[C@@H]3CC[C@H]4[C@@](C)(CC[C@H]5C(C)(C)[C@@H](O)CC[C@@]54C)CC3=CC[C@H]12. The van der Waals surface area contributed by atoms with E-state index in [-0.39, 0.29) is 22.3 Å². The van der Waals surface area contributed by atoms with Crippen LogP contribution >= 0.6 is 0 Å². The standard InChI is InChI=1S/C30H48O2/c1-26(2)21-10-8-19-18-28(5)15-12-22-27(3,4)25(32)14-17-30(22,7)23(28)11-9-20(19)29(21,6)16-13-24(26)31/h8,20-23,25,32H,9-18H2,1-7H3/t20-,21-,22+,23+,25+,28+,29-,30+/m1/s1. The molecule has 0 aliphatic heterocycles. The lowest BCUT2D eigenvalue weighted by Gasteiger charge is -2.63. The highest BCUT2D eigenvalue weighted by Gasteiger charge is 2.63. The van der Waals surface area contributed by atoms with E-state index in [1.165, 1.54) is 38.5 Å². The molecule has 0 saturated heterocycles. The molecule has 4 fully saturated rings. The number of carbonyl (C=O) groups excluding carboxylic acids is 1. The van der Waals surface area contributed by atoms with Gasteiger partial charge in [0.1, 0.15) is 5.78 Å². The topological polar surface area (TPSA) is 37.3 Å². The quantitative estimate of drug-likeness (QED) is 0.400. The second kappa shape index (κ2) is 6.96. The number of hydrogen-bond acceptors (Lipinski definition) is 2. The molecule has 0 unspecified atom stereocenters. The van der Waals surface area contributed by atoms with E-state index in [1.807, 2.05) is 0 Å². The van der Waals surface area contributed by atoms with Gasteiger partial charge in [0, 0.05) is 11.8 Å². The molecule has 0 radical (unpaired) electrons. The third-order valence-corrected chi connectivity index (χ3v) is 12.6. The Kier molecular flexibility index (Phi) is 5.03. The Hall–Kier alpha value is -0.630. The summed E-state index contributed by atoms with van der Waals surface area (Å²) in [7, 11) is 0. The largest absolute Gasteiger partial charge is 0.393 e. The molecule has 5 aliphatic carbocycles. The van der Waals surface area contributed by atoms with Crippen LogP contribution in [-0.4, -0.2) is 17.0 Å². The fourth-order valence-electron chi connectivity index (χ4n) is 10.8. The molecule has 1 N–H and O–H groups in total. The molecule has 0 spiro atoms. The Morgan fingerprint density at radius 1 is 0.812 bits per heavy atom. The first kappa shape index (κ1) is 23.1. The summed E-state index contributed by atoms with van der Waals surface area (Å²) in [6.45, 7) is 16.9. The first-order chi connectivity index (χ1) is 14.8. The van der Waals surface area contributed by atoms with Crippen LogP contribution in [0.5, 0.6) is 0 Å². The van der Waals surface area contributed by atoms with Gasteiger partial charge < -0.3 is 5.11 Å². The van der Waals surface area contributed by atoms with Crippen LogP contribution in [0, 0.1) is 50.7 Å². The Balaban J connectivity index is 1.51. The number of carbonyl (C=O) groups is 1. The molecule has 5 aliphatic rings. The summed E-state index contributed by atoms with van der Waals surface area (Å²) in [6, 6.07) is 0. The monoisotopic (exact) mass is 440 g/mol. The van der Waals surface area contributed by atoms with E-state index in [4.69, 9.17) is 0 Å². The van der Waals surface area contributed by atoms with Gasteiger partial charge in [0.05, 0.1) is 6.10 Å². The molecule has 2 heteroatoms. The minimum Gasteiger partial charge on any atom is -0.393 e. The Morgan fingerprint density at radius 3 is 2.25 bits per heavy atom. The average molecular weight is 441 g/mol. The first-order valence-corrected chi connectivity index (χ1v) is 13.7.